The predicted molar refractivity (Wildman–Crippen MR) is 105 cm³/mol. The molecule has 0 amide bonds. The standard InChI is InChI=1S/C22H20N2O3/c1-16(25)27-18(13-24-15-23-20-10-4-5-11-21(20)24)14-26-22-12-6-8-17-7-2-3-9-19(17)22/h2-12,15,18H,13-14H2,1H3. The molecule has 0 fully saturated rings. The second kappa shape index (κ2) is 7.50. The Morgan fingerprint density at radius 3 is 2.70 bits per heavy atom. The molecular weight excluding hydrogens is 340 g/mol. The van der Waals surface area contributed by atoms with Crippen LogP contribution in [0.15, 0.2) is 73.1 Å². The van der Waals surface area contributed by atoms with Crippen molar-refractivity contribution in [3.8, 4) is 5.75 Å². The fraction of sp³-hybridized carbons (Fsp3) is 0.182. The van der Waals surface area contributed by atoms with E-state index in [1.54, 1.807) is 6.33 Å². The topological polar surface area (TPSA) is 53.4 Å². The Hall–Kier alpha value is -3.34. The van der Waals surface area contributed by atoms with Crippen molar-refractivity contribution in [3.63, 3.8) is 0 Å². The van der Waals surface area contributed by atoms with E-state index in [2.05, 4.69) is 4.98 Å². The van der Waals surface area contributed by atoms with Gasteiger partial charge in [0.15, 0.2) is 6.10 Å². The summed E-state index contributed by atoms with van der Waals surface area (Å²) in [5.74, 6) is 0.451. The summed E-state index contributed by atoms with van der Waals surface area (Å²) in [6.45, 7) is 2.15. The van der Waals surface area contributed by atoms with E-state index >= 15 is 0 Å². The zero-order valence-corrected chi connectivity index (χ0v) is 15.0. The van der Waals surface area contributed by atoms with Crippen molar-refractivity contribution in [3.05, 3.63) is 73.1 Å². The van der Waals surface area contributed by atoms with Gasteiger partial charge >= 0.3 is 5.97 Å². The lowest BCUT2D eigenvalue weighted by molar-refractivity contribution is -0.148. The Labute approximate surface area is 157 Å². The van der Waals surface area contributed by atoms with Gasteiger partial charge in [0.05, 0.1) is 23.9 Å². The maximum atomic E-state index is 11.6. The molecule has 0 aliphatic carbocycles. The summed E-state index contributed by atoms with van der Waals surface area (Å²) in [4.78, 5) is 16.0. The average molecular weight is 360 g/mol. The van der Waals surface area contributed by atoms with Crippen LogP contribution in [0, 0.1) is 0 Å². The van der Waals surface area contributed by atoms with Crippen LogP contribution in [0.1, 0.15) is 6.92 Å². The van der Waals surface area contributed by atoms with Crippen molar-refractivity contribution in [2.24, 2.45) is 0 Å². The molecule has 27 heavy (non-hydrogen) atoms. The van der Waals surface area contributed by atoms with Crippen molar-refractivity contribution in [1.29, 1.82) is 0 Å². The molecule has 1 atom stereocenters. The Morgan fingerprint density at radius 2 is 1.81 bits per heavy atom. The number of carbonyl (C=O) groups excluding carboxylic acids is 1. The molecule has 0 saturated carbocycles. The average Bonchev–Trinajstić information content (AvgIpc) is 3.09. The number of aromatic nitrogens is 2. The van der Waals surface area contributed by atoms with Crippen molar-refractivity contribution in [2.45, 2.75) is 19.6 Å². The van der Waals surface area contributed by atoms with Crippen LogP contribution in [-0.2, 0) is 16.1 Å². The molecule has 1 heterocycles. The van der Waals surface area contributed by atoms with E-state index in [0.717, 1.165) is 27.6 Å². The van der Waals surface area contributed by atoms with Crippen LogP contribution in [0.3, 0.4) is 0 Å². The van der Waals surface area contributed by atoms with Gasteiger partial charge < -0.3 is 14.0 Å². The molecule has 136 valence electrons. The van der Waals surface area contributed by atoms with E-state index in [9.17, 15) is 4.79 Å². The second-order valence-corrected chi connectivity index (χ2v) is 6.41. The number of hydrogen-bond donors (Lipinski definition) is 0. The number of imidazole rings is 1. The molecule has 0 N–H and O–H groups in total. The van der Waals surface area contributed by atoms with E-state index in [1.807, 2.05) is 71.3 Å². The minimum atomic E-state index is -0.418. The monoisotopic (exact) mass is 360 g/mol. The van der Waals surface area contributed by atoms with Crippen molar-refractivity contribution < 1.29 is 14.3 Å². The fourth-order valence-electron chi connectivity index (χ4n) is 3.24. The van der Waals surface area contributed by atoms with Gasteiger partial charge in [-0.05, 0) is 23.6 Å². The van der Waals surface area contributed by atoms with Gasteiger partial charge in [-0.15, -0.1) is 0 Å². The lowest BCUT2D eigenvalue weighted by Crippen LogP contribution is -2.28. The van der Waals surface area contributed by atoms with Crippen LogP contribution in [0.5, 0.6) is 5.75 Å². The first-order chi connectivity index (χ1) is 13.2. The van der Waals surface area contributed by atoms with Gasteiger partial charge in [0.25, 0.3) is 0 Å². The van der Waals surface area contributed by atoms with Crippen LogP contribution in [0.4, 0.5) is 0 Å². The van der Waals surface area contributed by atoms with E-state index < -0.39 is 6.10 Å². The molecule has 0 spiro atoms. The van der Waals surface area contributed by atoms with Crippen LogP contribution in [0.2, 0.25) is 0 Å². The Balaban J connectivity index is 1.54. The highest BCUT2D eigenvalue weighted by Crippen LogP contribution is 2.25. The SMILES string of the molecule is CC(=O)OC(COc1cccc2ccccc12)Cn1cnc2ccccc21. The highest BCUT2D eigenvalue weighted by molar-refractivity contribution is 5.88. The zero-order chi connectivity index (χ0) is 18.6. The molecule has 4 rings (SSSR count). The van der Waals surface area contributed by atoms with Crippen molar-refractivity contribution in [1.82, 2.24) is 9.55 Å². The normalized spacial score (nSPS) is 12.2. The van der Waals surface area contributed by atoms with Gasteiger partial charge in [0, 0.05) is 12.3 Å². The molecule has 5 heteroatoms. The summed E-state index contributed by atoms with van der Waals surface area (Å²) in [6.07, 6.45) is 1.35. The minimum absolute atomic E-state index is 0.264. The molecule has 0 saturated heterocycles. The number of fused-ring (bicyclic) bond motifs is 2. The molecule has 3 aromatic carbocycles. The third-order valence-electron chi connectivity index (χ3n) is 4.43. The molecule has 0 bridgehead atoms. The maximum Gasteiger partial charge on any atom is 0.303 e. The van der Waals surface area contributed by atoms with Crippen molar-refractivity contribution in [2.75, 3.05) is 6.61 Å². The second-order valence-electron chi connectivity index (χ2n) is 6.41. The first-order valence-corrected chi connectivity index (χ1v) is 8.88. The predicted octanol–water partition coefficient (Wildman–Crippen LogP) is 4.20. The lowest BCUT2D eigenvalue weighted by Gasteiger charge is -2.19. The van der Waals surface area contributed by atoms with Gasteiger partial charge in [0.2, 0.25) is 0 Å². The van der Waals surface area contributed by atoms with Gasteiger partial charge in [-0.25, -0.2) is 4.98 Å². The number of esters is 1. The summed E-state index contributed by atoms with van der Waals surface area (Å²) in [5.41, 5.74) is 1.91. The van der Waals surface area contributed by atoms with Gasteiger partial charge in [-0.3, -0.25) is 4.79 Å². The Kier molecular flexibility index (Phi) is 4.75. The lowest BCUT2D eigenvalue weighted by atomic mass is 10.1. The molecule has 0 radical (unpaired) electrons. The number of para-hydroxylation sites is 2. The highest BCUT2D eigenvalue weighted by Gasteiger charge is 2.16. The summed E-state index contributed by atoms with van der Waals surface area (Å²) in [5, 5.41) is 2.15. The number of ether oxygens (including phenoxy) is 2. The minimum Gasteiger partial charge on any atom is -0.489 e. The van der Waals surface area contributed by atoms with E-state index in [4.69, 9.17) is 9.47 Å². The molecular formula is C22H20N2O3. The summed E-state index contributed by atoms with van der Waals surface area (Å²) in [6, 6.07) is 21.9. The molecule has 0 aliphatic heterocycles. The number of rotatable bonds is 6. The van der Waals surface area contributed by atoms with E-state index in [-0.39, 0.29) is 12.6 Å². The third-order valence-corrected chi connectivity index (χ3v) is 4.43. The first kappa shape index (κ1) is 17.1. The number of nitrogens with zero attached hydrogens (tertiary/aromatic N) is 2. The molecule has 5 nitrogen and oxygen atoms in total. The van der Waals surface area contributed by atoms with Crippen LogP contribution < -0.4 is 4.74 Å². The zero-order valence-electron chi connectivity index (χ0n) is 15.0. The molecule has 1 unspecified atom stereocenters. The molecule has 1 aromatic heterocycles. The number of benzene rings is 3. The fourth-order valence-corrected chi connectivity index (χ4v) is 3.24. The number of hydrogen-bond acceptors (Lipinski definition) is 4. The quantitative estimate of drug-likeness (QED) is 0.484. The van der Waals surface area contributed by atoms with Crippen LogP contribution >= 0.6 is 0 Å². The first-order valence-electron chi connectivity index (χ1n) is 8.88. The van der Waals surface area contributed by atoms with Gasteiger partial charge in [0.1, 0.15) is 12.4 Å². The van der Waals surface area contributed by atoms with Gasteiger partial charge in [-0.1, -0.05) is 48.5 Å². The highest BCUT2D eigenvalue weighted by atomic mass is 16.6. The summed E-state index contributed by atoms with van der Waals surface area (Å²) in [7, 11) is 0. The summed E-state index contributed by atoms with van der Waals surface area (Å²) >= 11 is 0. The van der Waals surface area contributed by atoms with Gasteiger partial charge in [-0.2, -0.15) is 0 Å². The molecule has 4 aromatic rings. The van der Waals surface area contributed by atoms with Crippen LogP contribution in [-0.4, -0.2) is 28.2 Å². The van der Waals surface area contributed by atoms with Crippen molar-refractivity contribution >= 4 is 27.8 Å². The summed E-state index contributed by atoms with van der Waals surface area (Å²) < 4.78 is 13.5. The van der Waals surface area contributed by atoms with Crippen LogP contribution in [0.25, 0.3) is 21.8 Å². The maximum absolute atomic E-state index is 11.6. The Morgan fingerprint density at radius 1 is 1.04 bits per heavy atom. The Bertz CT molecular complexity index is 1080. The number of carbonyl (C=O) groups is 1. The van der Waals surface area contributed by atoms with E-state index in [1.165, 1.54) is 6.92 Å². The smallest absolute Gasteiger partial charge is 0.303 e. The third kappa shape index (κ3) is 3.77. The van der Waals surface area contributed by atoms with E-state index in [0.29, 0.717) is 6.54 Å². The molecule has 0 aliphatic rings. The largest absolute Gasteiger partial charge is 0.489 e.